The van der Waals surface area contributed by atoms with Crippen LogP contribution >= 0.6 is 0 Å². The molecule has 0 radical (unpaired) electrons. The summed E-state index contributed by atoms with van der Waals surface area (Å²) in [6, 6.07) is 15.0. The monoisotopic (exact) mass is 425 g/mol. The van der Waals surface area contributed by atoms with E-state index in [1.165, 1.54) is 13.8 Å². The molecule has 2 N–H and O–H groups in total. The molecule has 0 aliphatic carbocycles. The molecule has 0 saturated heterocycles. The minimum Gasteiger partial charge on any atom is -0.497 e. The number of rotatable bonds is 10. The van der Waals surface area contributed by atoms with Crippen molar-refractivity contribution in [1.29, 1.82) is 0 Å². The van der Waals surface area contributed by atoms with Gasteiger partial charge >= 0.3 is 11.7 Å². The zero-order chi connectivity index (χ0) is 22.4. The van der Waals surface area contributed by atoms with E-state index in [0.717, 1.165) is 29.7 Å². The van der Waals surface area contributed by atoms with Crippen LogP contribution < -0.4 is 15.2 Å². The van der Waals surface area contributed by atoms with Crippen LogP contribution in [-0.4, -0.2) is 38.6 Å². The Bertz CT molecular complexity index is 1080. The van der Waals surface area contributed by atoms with Gasteiger partial charge < -0.3 is 14.6 Å². The van der Waals surface area contributed by atoms with Crippen LogP contribution in [0.25, 0.3) is 0 Å². The first-order valence-corrected chi connectivity index (χ1v) is 10.1. The average Bonchev–Trinajstić information content (AvgIpc) is 3.08. The molecule has 2 aromatic carbocycles. The molecule has 164 valence electrons. The molecule has 3 rings (SSSR count). The van der Waals surface area contributed by atoms with Crippen LogP contribution in [0.1, 0.15) is 37.2 Å². The van der Waals surface area contributed by atoms with Crippen molar-refractivity contribution in [3.8, 4) is 11.5 Å². The Balaban J connectivity index is 1.59. The van der Waals surface area contributed by atoms with Crippen molar-refractivity contribution >= 4 is 5.97 Å². The van der Waals surface area contributed by atoms with Gasteiger partial charge in [0, 0.05) is 6.42 Å². The fraction of sp³-hybridized carbons (Fsp3) is 0.348. The zero-order valence-electron chi connectivity index (χ0n) is 17.9. The van der Waals surface area contributed by atoms with Crippen LogP contribution in [0, 0.1) is 0 Å². The fourth-order valence-electron chi connectivity index (χ4n) is 3.17. The molecule has 0 aliphatic rings. The number of aromatic nitrogens is 3. The van der Waals surface area contributed by atoms with Crippen molar-refractivity contribution in [2.75, 3.05) is 7.11 Å². The first kappa shape index (κ1) is 22.1. The number of hydrogen-bond donors (Lipinski definition) is 2. The average molecular weight is 425 g/mol. The summed E-state index contributed by atoms with van der Waals surface area (Å²) in [6.45, 7) is 3.45. The molecule has 0 spiro atoms. The number of aliphatic carboxylic acids is 1. The normalized spacial score (nSPS) is 11.3. The summed E-state index contributed by atoms with van der Waals surface area (Å²) in [5, 5.41) is 15.9. The van der Waals surface area contributed by atoms with Gasteiger partial charge in [-0.15, -0.1) is 0 Å². The smallest absolute Gasteiger partial charge is 0.347 e. The van der Waals surface area contributed by atoms with E-state index in [0.29, 0.717) is 24.5 Å². The van der Waals surface area contributed by atoms with Crippen LogP contribution in [0.4, 0.5) is 0 Å². The number of ether oxygens (including phenoxy) is 2. The minimum absolute atomic E-state index is 0.236. The molecule has 0 saturated carbocycles. The number of methoxy groups -OCH3 is 1. The highest BCUT2D eigenvalue weighted by Crippen LogP contribution is 2.20. The molecule has 0 atom stereocenters. The zero-order valence-corrected chi connectivity index (χ0v) is 17.9. The largest absolute Gasteiger partial charge is 0.497 e. The van der Waals surface area contributed by atoms with Gasteiger partial charge in [-0.05, 0) is 62.1 Å². The summed E-state index contributed by atoms with van der Waals surface area (Å²) in [4.78, 5) is 23.4. The van der Waals surface area contributed by atoms with Gasteiger partial charge in [0.1, 0.15) is 17.3 Å². The Kier molecular flexibility index (Phi) is 6.79. The molecule has 1 aromatic heterocycles. The van der Waals surface area contributed by atoms with Gasteiger partial charge in [-0.2, -0.15) is 5.10 Å². The first-order valence-electron chi connectivity index (χ1n) is 10.1. The predicted molar refractivity (Wildman–Crippen MR) is 116 cm³/mol. The van der Waals surface area contributed by atoms with Crippen molar-refractivity contribution in [2.45, 2.75) is 45.3 Å². The fourth-order valence-corrected chi connectivity index (χ4v) is 3.17. The highest BCUT2D eigenvalue weighted by Gasteiger charge is 2.29. The Morgan fingerprint density at radius 2 is 1.84 bits per heavy atom. The summed E-state index contributed by atoms with van der Waals surface area (Å²) >= 11 is 0. The van der Waals surface area contributed by atoms with Crippen molar-refractivity contribution in [2.24, 2.45) is 0 Å². The van der Waals surface area contributed by atoms with Crippen LogP contribution in [0.15, 0.2) is 53.3 Å². The second-order valence-electron chi connectivity index (χ2n) is 7.80. The second-order valence-corrected chi connectivity index (χ2v) is 7.80. The van der Waals surface area contributed by atoms with Crippen LogP contribution in [-0.2, 0) is 24.2 Å². The third kappa shape index (κ3) is 5.75. The summed E-state index contributed by atoms with van der Waals surface area (Å²) in [7, 11) is 1.61. The number of benzene rings is 2. The quantitative estimate of drug-likeness (QED) is 0.517. The standard InChI is InChI=1S/C23H27N3O5/c1-23(2,21(27)28)31-18-12-10-16(11-13-18)6-5-9-20-24-25-22(29)26(20)15-17-7-4-8-19(14-17)30-3/h4,7-8,10-14H,5-6,9,15H2,1-3H3,(H,25,29)(H,27,28). The maximum Gasteiger partial charge on any atom is 0.347 e. The van der Waals surface area contributed by atoms with Crippen molar-refractivity contribution in [3.63, 3.8) is 0 Å². The number of hydrogen-bond acceptors (Lipinski definition) is 5. The molecule has 0 amide bonds. The molecule has 0 aliphatic heterocycles. The SMILES string of the molecule is COc1cccc(Cn2c(CCCc3ccc(OC(C)(C)C(=O)O)cc3)n[nH]c2=O)c1. The van der Waals surface area contributed by atoms with Gasteiger partial charge in [-0.1, -0.05) is 24.3 Å². The Morgan fingerprint density at radius 1 is 1.10 bits per heavy atom. The number of aromatic amines is 1. The van der Waals surface area contributed by atoms with E-state index in [4.69, 9.17) is 14.6 Å². The Morgan fingerprint density at radius 3 is 2.52 bits per heavy atom. The maximum absolute atomic E-state index is 12.2. The minimum atomic E-state index is -1.28. The van der Waals surface area contributed by atoms with E-state index >= 15 is 0 Å². The lowest BCUT2D eigenvalue weighted by Gasteiger charge is -2.21. The van der Waals surface area contributed by atoms with Crippen LogP contribution in [0.2, 0.25) is 0 Å². The van der Waals surface area contributed by atoms with E-state index in [1.54, 1.807) is 23.8 Å². The first-order chi connectivity index (χ1) is 14.8. The van der Waals surface area contributed by atoms with E-state index in [-0.39, 0.29) is 5.69 Å². The van der Waals surface area contributed by atoms with Gasteiger partial charge in [0.2, 0.25) is 0 Å². The van der Waals surface area contributed by atoms with E-state index in [9.17, 15) is 9.59 Å². The molecule has 0 unspecified atom stereocenters. The molecule has 3 aromatic rings. The lowest BCUT2D eigenvalue weighted by atomic mass is 10.1. The van der Waals surface area contributed by atoms with Crippen molar-refractivity contribution < 1.29 is 19.4 Å². The number of H-pyrrole nitrogens is 1. The van der Waals surface area contributed by atoms with Gasteiger partial charge in [0.15, 0.2) is 5.60 Å². The van der Waals surface area contributed by atoms with Gasteiger partial charge in [-0.3, -0.25) is 4.57 Å². The van der Waals surface area contributed by atoms with Gasteiger partial charge in [0.05, 0.1) is 13.7 Å². The molecule has 8 nitrogen and oxygen atoms in total. The predicted octanol–water partition coefficient (Wildman–Crippen LogP) is 3.05. The Hall–Kier alpha value is -3.55. The van der Waals surface area contributed by atoms with Gasteiger partial charge in [-0.25, -0.2) is 14.7 Å². The third-order valence-corrected chi connectivity index (χ3v) is 4.99. The lowest BCUT2D eigenvalue weighted by molar-refractivity contribution is -0.152. The topological polar surface area (TPSA) is 106 Å². The molecule has 8 heteroatoms. The Labute approximate surface area is 180 Å². The number of carbonyl (C=O) groups is 1. The summed E-state index contributed by atoms with van der Waals surface area (Å²) in [6.07, 6.45) is 2.25. The molecular weight excluding hydrogens is 398 g/mol. The highest BCUT2D eigenvalue weighted by molar-refractivity contribution is 5.76. The molecule has 1 heterocycles. The number of carboxylic acid groups (broad SMARTS) is 1. The van der Waals surface area contributed by atoms with E-state index in [1.807, 2.05) is 36.4 Å². The second kappa shape index (κ2) is 9.51. The molecule has 0 bridgehead atoms. The summed E-state index contributed by atoms with van der Waals surface area (Å²) in [5.74, 6) is 0.942. The van der Waals surface area contributed by atoms with E-state index in [2.05, 4.69) is 10.2 Å². The highest BCUT2D eigenvalue weighted by atomic mass is 16.5. The lowest BCUT2D eigenvalue weighted by Crippen LogP contribution is -2.37. The maximum atomic E-state index is 12.2. The number of aryl methyl sites for hydroxylation is 2. The number of carboxylic acids is 1. The molecule has 0 fully saturated rings. The summed E-state index contributed by atoms with van der Waals surface area (Å²) in [5.41, 5.74) is 0.538. The summed E-state index contributed by atoms with van der Waals surface area (Å²) < 4.78 is 12.4. The third-order valence-electron chi connectivity index (χ3n) is 4.99. The number of nitrogens with one attached hydrogen (secondary N) is 1. The van der Waals surface area contributed by atoms with Crippen LogP contribution in [0.5, 0.6) is 11.5 Å². The van der Waals surface area contributed by atoms with Gasteiger partial charge in [0.25, 0.3) is 0 Å². The van der Waals surface area contributed by atoms with Crippen molar-refractivity contribution in [1.82, 2.24) is 14.8 Å². The van der Waals surface area contributed by atoms with Crippen LogP contribution in [0.3, 0.4) is 0 Å². The van der Waals surface area contributed by atoms with E-state index < -0.39 is 11.6 Å². The molecule has 31 heavy (non-hydrogen) atoms. The number of nitrogens with zero attached hydrogens (tertiary/aromatic N) is 2. The van der Waals surface area contributed by atoms with Crippen molar-refractivity contribution in [3.05, 3.63) is 76.0 Å². The molecular formula is C23H27N3O5.